The summed E-state index contributed by atoms with van der Waals surface area (Å²) in [7, 11) is 1.54. The maximum absolute atomic E-state index is 12.4. The van der Waals surface area contributed by atoms with Crippen LogP contribution in [0, 0.1) is 0 Å². The van der Waals surface area contributed by atoms with Crippen LogP contribution in [0.1, 0.15) is 13.8 Å². The summed E-state index contributed by atoms with van der Waals surface area (Å²) in [5.41, 5.74) is 0. The van der Waals surface area contributed by atoms with Crippen LogP contribution < -0.4 is 0 Å². The summed E-state index contributed by atoms with van der Waals surface area (Å²) in [5, 5.41) is 0. The molecule has 14 heavy (non-hydrogen) atoms. The van der Waals surface area contributed by atoms with E-state index < -0.39 is 0 Å². The highest BCUT2D eigenvalue weighted by Gasteiger charge is 1.87. The molecule has 0 saturated heterocycles. The molecule has 0 fully saturated rings. The fraction of sp³-hybridized carbons (Fsp3) is 0.455. The first-order valence-corrected chi connectivity index (χ1v) is 4.53. The Bertz CT molecular complexity index is 225. The molecule has 3 heteroatoms. The van der Waals surface area contributed by atoms with Gasteiger partial charge in [-0.05, 0) is 32.1 Å². The quantitative estimate of drug-likeness (QED) is 0.373. The van der Waals surface area contributed by atoms with E-state index >= 15 is 0 Å². The van der Waals surface area contributed by atoms with Crippen LogP contribution >= 0.6 is 0 Å². The van der Waals surface area contributed by atoms with Gasteiger partial charge in [-0.3, -0.25) is 0 Å². The Labute approximate surface area is 84.7 Å². The van der Waals surface area contributed by atoms with Crippen molar-refractivity contribution in [3.05, 3.63) is 35.9 Å². The maximum atomic E-state index is 12.4. The molecule has 0 aromatic rings. The number of halogens is 1. The molecule has 0 rings (SSSR count). The fourth-order valence-electron chi connectivity index (χ4n) is 0.739. The molecule has 0 unspecified atom stereocenters. The molecule has 0 aliphatic rings. The van der Waals surface area contributed by atoms with Gasteiger partial charge < -0.3 is 9.47 Å². The molecule has 0 aromatic carbocycles. The van der Waals surface area contributed by atoms with Crippen molar-refractivity contribution in [3.8, 4) is 0 Å². The topological polar surface area (TPSA) is 18.5 Å². The monoisotopic (exact) mass is 200 g/mol. The minimum absolute atomic E-state index is 0.252. The van der Waals surface area contributed by atoms with Gasteiger partial charge in [-0.25, -0.2) is 4.39 Å². The SMILES string of the molecule is CCOC/C=C/C(=C\C=C(/C)F)OC. The van der Waals surface area contributed by atoms with E-state index in [1.807, 2.05) is 13.0 Å². The minimum Gasteiger partial charge on any atom is -0.497 e. The zero-order valence-electron chi connectivity index (χ0n) is 8.92. The molecule has 0 heterocycles. The maximum Gasteiger partial charge on any atom is 0.118 e. The van der Waals surface area contributed by atoms with E-state index in [-0.39, 0.29) is 5.83 Å². The summed E-state index contributed by atoms with van der Waals surface area (Å²) in [6.45, 7) is 4.53. The predicted octanol–water partition coefficient (Wildman–Crippen LogP) is 2.98. The summed E-state index contributed by atoms with van der Waals surface area (Å²) in [4.78, 5) is 0. The normalized spacial score (nSPS) is 13.7. The van der Waals surface area contributed by atoms with E-state index in [0.717, 1.165) is 0 Å². The van der Waals surface area contributed by atoms with E-state index in [1.54, 1.807) is 12.2 Å². The second-order valence-electron chi connectivity index (χ2n) is 2.59. The van der Waals surface area contributed by atoms with Gasteiger partial charge in [0.1, 0.15) is 5.76 Å². The first-order chi connectivity index (χ1) is 6.70. The van der Waals surface area contributed by atoms with Crippen LogP contribution in [0.25, 0.3) is 0 Å². The molecule has 0 bridgehead atoms. The summed E-state index contributed by atoms with van der Waals surface area (Å²) in [6, 6.07) is 0. The van der Waals surface area contributed by atoms with Crippen molar-refractivity contribution < 1.29 is 13.9 Å². The van der Waals surface area contributed by atoms with Crippen molar-refractivity contribution in [1.82, 2.24) is 0 Å². The Morgan fingerprint density at radius 3 is 2.57 bits per heavy atom. The number of ether oxygens (including phenoxy) is 2. The molecule has 80 valence electrons. The van der Waals surface area contributed by atoms with E-state index in [0.29, 0.717) is 19.0 Å². The van der Waals surface area contributed by atoms with Gasteiger partial charge in [0.15, 0.2) is 0 Å². The lowest BCUT2D eigenvalue weighted by Gasteiger charge is -1.98. The van der Waals surface area contributed by atoms with Crippen molar-refractivity contribution >= 4 is 0 Å². The molecule has 0 atom stereocenters. The smallest absolute Gasteiger partial charge is 0.118 e. The summed E-state index contributed by atoms with van der Waals surface area (Å²) in [5.74, 6) is 0.347. The zero-order chi connectivity index (χ0) is 10.8. The average molecular weight is 200 g/mol. The Kier molecular flexibility index (Phi) is 7.84. The van der Waals surface area contributed by atoms with Crippen LogP contribution in [0.2, 0.25) is 0 Å². The van der Waals surface area contributed by atoms with Gasteiger partial charge in [0, 0.05) is 6.61 Å². The van der Waals surface area contributed by atoms with Gasteiger partial charge >= 0.3 is 0 Å². The minimum atomic E-state index is -0.252. The van der Waals surface area contributed by atoms with Crippen molar-refractivity contribution in [2.75, 3.05) is 20.3 Å². The Balaban J connectivity index is 4.08. The number of hydrogen-bond donors (Lipinski definition) is 0. The lowest BCUT2D eigenvalue weighted by Crippen LogP contribution is -1.89. The molecule has 0 aliphatic heterocycles. The van der Waals surface area contributed by atoms with Crippen LogP contribution in [-0.2, 0) is 9.47 Å². The van der Waals surface area contributed by atoms with Crippen molar-refractivity contribution in [1.29, 1.82) is 0 Å². The number of methoxy groups -OCH3 is 1. The third kappa shape index (κ3) is 7.55. The molecule has 0 saturated carbocycles. The summed E-state index contributed by atoms with van der Waals surface area (Å²) in [6.07, 6.45) is 6.48. The molecular formula is C11H17FO2. The van der Waals surface area contributed by atoms with Gasteiger partial charge in [0.2, 0.25) is 0 Å². The molecule has 0 radical (unpaired) electrons. The van der Waals surface area contributed by atoms with Gasteiger partial charge in [0.25, 0.3) is 0 Å². The Morgan fingerprint density at radius 1 is 1.36 bits per heavy atom. The number of allylic oxidation sites excluding steroid dienone is 4. The number of hydrogen-bond acceptors (Lipinski definition) is 2. The first kappa shape index (κ1) is 12.9. The van der Waals surface area contributed by atoms with Crippen molar-refractivity contribution in [3.63, 3.8) is 0 Å². The van der Waals surface area contributed by atoms with E-state index in [4.69, 9.17) is 9.47 Å². The van der Waals surface area contributed by atoms with E-state index in [2.05, 4.69) is 0 Å². The van der Waals surface area contributed by atoms with Crippen LogP contribution in [-0.4, -0.2) is 20.3 Å². The van der Waals surface area contributed by atoms with Gasteiger partial charge in [0.05, 0.1) is 19.5 Å². The lowest BCUT2D eigenvalue weighted by atomic mass is 10.3. The Hall–Kier alpha value is -1.09. The largest absolute Gasteiger partial charge is 0.497 e. The highest BCUT2D eigenvalue weighted by molar-refractivity contribution is 5.19. The van der Waals surface area contributed by atoms with E-state index in [1.165, 1.54) is 20.1 Å². The highest BCUT2D eigenvalue weighted by atomic mass is 19.1. The van der Waals surface area contributed by atoms with Gasteiger partial charge in [-0.1, -0.05) is 6.08 Å². The summed E-state index contributed by atoms with van der Waals surface area (Å²) < 4.78 is 22.4. The van der Waals surface area contributed by atoms with Crippen LogP contribution in [0.5, 0.6) is 0 Å². The highest BCUT2D eigenvalue weighted by Crippen LogP contribution is 2.01. The lowest BCUT2D eigenvalue weighted by molar-refractivity contribution is 0.177. The van der Waals surface area contributed by atoms with Crippen molar-refractivity contribution in [2.45, 2.75) is 13.8 Å². The molecule has 0 amide bonds. The number of rotatable bonds is 6. The van der Waals surface area contributed by atoms with Crippen LogP contribution in [0.3, 0.4) is 0 Å². The molecule has 0 aromatic heterocycles. The van der Waals surface area contributed by atoms with Crippen molar-refractivity contribution in [2.24, 2.45) is 0 Å². The fourth-order valence-corrected chi connectivity index (χ4v) is 0.739. The first-order valence-electron chi connectivity index (χ1n) is 4.53. The van der Waals surface area contributed by atoms with Crippen LogP contribution in [0.15, 0.2) is 35.9 Å². The second kappa shape index (κ2) is 8.51. The van der Waals surface area contributed by atoms with Crippen LogP contribution in [0.4, 0.5) is 4.39 Å². The molecule has 0 aliphatic carbocycles. The molecule has 0 N–H and O–H groups in total. The second-order valence-corrected chi connectivity index (χ2v) is 2.59. The molecule has 2 nitrogen and oxygen atoms in total. The predicted molar refractivity (Wildman–Crippen MR) is 55.6 cm³/mol. The third-order valence-corrected chi connectivity index (χ3v) is 1.41. The van der Waals surface area contributed by atoms with E-state index in [9.17, 15) is 4.39 Å². The Morgan fingerprint density at radius 2 is 2.07 bits per heavy atom. The van der Waals surface area contributed by atoms with Gasteiger partial charge in [-0.2, -0.15) is 0 Å². The molecule has 0 spiro atoms. The van der Waals surface area contributed by atoms with Gasteiger partial charge in [-0.15, -0.1) is 0 Å². The average Bonchev–Trinajstić information content (AvgIpc) is 2.16. The standard InChI is InChI=1S/C11H17FO2/c1-4-14-9-5-6-11(13-3)8-7-10(2)12/h5-8H,4,9H2,1-3H3/b6-5+,10-7+,11-8+. The zero-order valence-corrected chi connectivity index (χ0v) is 8.92. The third-order valence-electron chi connectivity index (χ3n) is 1.41. The summed E-state index contributed by atoms with van der Waals surface area (Å²) >= 11 is 0. The molecular weight excluding hydrogens is 183 g/mol.